The molecule has 4 N–H and O–H groups in total. The first-order chi connectivity index (χ1) is 20.7. The third-order valence-electron chi connectivity index (χ3n) is 8.08. The van der Waals surface area contributed by atoms with Crippen molar-refractivity contribution >= 4 is 16.9 Å². The molecule has 4 aromatic rings. The van der Waals surface area contributed by atoms with Gasteiger partial charge in [-0.15, -0.1) is 0 Å². The highest BCUT2D eigenvalue weighted by Crippen LogP contribution is 2.33. The highest BCUT2D eigenvalue weighted by atomic mass is 19.1. The van der Waals surface area contributed by atoms with Crippen molar-refractivity contribution in [2.75, 3.05) is 19.7 Å². The van der Waals surface area contributed by atoms with Crippen molar-refractivity contribution in [3.05, 3.63) is 71.8 Å². The lowest BCUT2D eigenvalue weighted by Gasteiger charge is -2.29. The molecule has 8 nitrogen and oxygen atoms in total. The number of carbonyl (C=O) groups is 1. The Balaban J connectivity index is 1.26. The second-order valence-corrected chi connectivity index (χ2v) is 11.1. The lowest BCUT2D eigenvalue weighted by Crippen LogP contribution is -2.40. The molecular formula is C33H37F2N3O5. The molecule has 1 unspecified atom stereocenters. The van der Waals surface area contributed by atoms with Crippen molar-refractivity contribution in [3.8, 4) is 28.3 Å². The van der Waals surface area contributed by atoms with E-state index >= 15 is 8.78 Å². The lowest BCUT2D eigenvalue weighted by molar-refractivity contribution is -0.0890. The van der Waals surface area contributed by atoms with Gasteiger partial charge in [0.1, 0.15) is 11.3 Å². The van der Waals surface area contributed by atoms with E-state index in [0.29, 0.717) is 56.3 Å². The second-order valence-electron chi connectivity index (χ2n) is 11.1. The summed E-state index contributed by atoms with van der Waals surface area (Å²) in [5, 5.41) is 28.6. The number of nitrogens with zero attached hydrogens (tertiary/aromatic N) is 2. The van der Waals surface area contributed by atoms with E-state index in [1.807, 2.05) is 19.1 Å². The van der Waals surface area contributed by atoms with Gasteiger partial charge in [-0.05, 0) is 60.9 Å². The normalized spacial score (nSPS) is 14.9. The van der Waals surface area contributed by atoms with E-state index in [-0.39, 0.29) is 47.1 Å². The van der Waals surface area contributed by atoms with Crippen LogP contribution < -0.4 is 4.74 Å². The fourth-order valence-corrected chi connectivity index (χ4v) is 5.60. The summed E-state index contributed by atoms with van der Waals surface area (Å²) in [6.45, 7) is 3.28. The Morgan fingerprint density at radius 3 is 2.28 bits per heavy atom. The van der Waals surface area contributed by atoms with Crippen LogP contribution in [0.15, 0.2) is 54.6 Å². The zero-order chi connectivity index (χ0) is 30.5. The molecule has 10 heteroatoms. The van der Waals surface area contributed by atoms with E-state index in [1.165, 1.54) is 6.07 Å². The van der Waals surface area contributed by atoms with Crippen molar-refractivity contribution in [3.63, 3.8) is 0 Å². The number of fused-ring (bicyclic) bond motifs is 1. The van der Waals surface area contributed by atoms with E-state index in [0.717, 1.165) is 17.5 Å². The summed E-state index contributed by atoms with van der Waals surface area (Å²) in [4.78, 5) is 21.5. The molecule has 0 bridgehead atoms. The maximum absolute atomic E-state index is 15.5. The van der Waals surface area contributed by atoms with Crippen LogP contribution in [0, 0.1) is 17.6 Å². The highest BCUT2D eigenvalue weighted by molar-refractivity contribution is 5.95. The molecule has 5 rings (SSSR count). The van der Waals surface area contributed by atoms with E-state index in [2.05, 4.69) is 9.97 Å². The molecule has 43 heavy (non-hydrogen) atoms. The summed E-state index contributed by atoms with van der Waals surface area (Å²) in [7, 11) is 0. The lowest BCUT2D eigenvalue weighted by atomic mass is 9.98. The minimum Gasteiger partial charge on any atom is -0.465 e. The van der Waals surface area contributed by atoms with Gasteiger partial charge in [0, 0.05) is 30.6 Å². The number of likely N-dealkylation sites (tertiary alicyclic amines) is 1. The average Bonchev–Trinajstić information content (AvgIpc) is 3.42. The molecule has 228 valence electrons. The molecule has 0 spiro atoms. The number of amides is 1. The molecule has 2 heterocycles. The fourth-order valence-electron chi connectivity index (χ4n) is 5.60. The maximum atomic E-state index is 15.5. The Hall–Kier alpha value is -3.86. The number of aromatic amines is 1. The first-order valence-corrected chi connectivity index (χ1v) is 14.8. The quantitative estimate of drug-likeness (QED) is 0.132. The van der Waals surface area contributed by atoms with Crippen LogP contribution in [-0.4, -0.2) is 68.2 Å². The number of imidazole rings is 1. The van der Waals surface area contributed by atoms with Gasteiger partial charge in [-0.2, -0.15) is 4.98 Å². The topological polar surface area (TPSA) is 119 Å². The molecule has 1 atom stereocenters. The third-order valence-corrected chi connectivity index (χ3v) is 8.08. The SMILES string of the molecule is CCCC(CCCOc1nc2c(F)c(-c3ccc(-c4ccc(C(=O)N5CCC(O)CC5)cc4)cc3)c(F)cc2[nH]1)C(O)O. The predicted molar refractivity (Wildman–Crippen MR) is 159 cm³/mol. The Kier molecular flexibility index (Phi) is 9.69. The molecule has 1 amide bonds. The van der Waals surface area contributed by atoms with Gasteiger partial charge in [0.2, 0.25) is 0 Å². The number of ether oxygens (including phenoxy) is 1. The summed E-state index contributed by atoms with van der Waals surface area (Å²) in [5.74, 6) is -1.84. The van der Waals surface area contributed by atoms with Gasteiger partial charge in [0.05, 0.1) is 23.8 Å². The van der Waals surface area contributed by atoms with Gasteiger partial charge in [-0.3, -0.25) is 4.79 Å². The van der Waals surface area contributed by atoms with Gasteiger partial charge >= 0.3 is 0 Å². The van der Waals surface area contributed by atoms with Gasteiger partial charge in [0.15, 0.2) is 12.1 Å². The standard InChI is InChI=1S/C33H37F2N3O5/c1-2-4-24(32(41)42)5-3-18-43-33-36-27-19-26(34)28(29(35)30(27)37-33)22-10-6-20(7-11-22)21-8-12-23(13-9-21)31(40)38-16-14-25(39)15-17-38/h6-13,19,24-25,32,39,41-42H,2-5,14-18H2,1H3,(H,36,37). The number of H-pyrrole nitrogens is 1. The maximum Gasteiger partial charge on any atom is 0.294 e. The molecule has 1 saturated heterocycles. The molecule has 1 fully saturated rings. The zero-order valence-corrected chi connectivity index (χ0v) is 24.1. The molecule has 0 aliphatic carbocycles. The van der Waals surface area contributed by atoms with Crippen molar-refractivity contribution in [2.45, 2.75) is 57.8 Å². The number of halogens is 2. The molecule has 0 saturated carbocycles. The Bertz CT molecular complexity index is 1530. The van der Waals surface area contributed by atoms with Crippen molar-refractivity contribution in [1.82, 2.24) is 14.9 Å². The van der Waals surface area contributed by atoms with Crippen molar-refractivity contribution in [1.29, 1.82) is 0 Å². The van der Waals surface area contributed by atoms with Crippen LogP contribution >= 0.6 is 0 Å². The largest absolute Gasteiger partial charge is 0.465 e. The number of benzene rings is 3. The summed E-state index contributed by atoms with van der Waals surface area (Å²) in [6, 6.07) is 15.3. The Labute approximate surface area is 249 Å². The Morgan fingerprint density at radius 2 is 1.65 bits per heavy atom. The molecule has 3 aromatic carbocycles. The summed E-state index contributed by atoms with van der Waals surface area (Å²) in [5.41, 5.74) is 2.57. The molecule has 1 aliphatic rings. The van der Waals surface area contributed by atoms with Crippen molar-refractivity contribution < 1.29 is 33.6 Å². The number of nitrogens with one attached hydrogen (secondary N) is 1. The summed E-state index contributed by atoms with van der Waals surface area (Å²) < 4.78 is 36.3. The van der Waals surface area contributed by atoms with Gasteiger partial charge < -0.3 is 29.9 Å². The number of carbonyl (C=O) groups excluding carboxylic acids is 1. The van der Waals surface area contributed by atoms with E-state index in [4.69, 9.17) is 4.74 Å². The summed E-state index contributed by atoms with van der Waals surface area (Å²) >= 11 is 0. The fraction of sp³-hybridized carbons (Fsp3) is 0.394. The molecule has 1 aromatic heterocycles. The third kappa shape index (κ3) is 7.04. The van der Waals surface area contributed by atoms with Crippen molar-refractivity contribution in [2.24, 2.45) is 5.92 Å². The molecule has 1 aliphatic heterocycles. The number of aromatic nitrogens is 2. The van der Waals surface area contributed by atoms with Crippen LogP contribution in [0.1, 0.15) is 55.8 Å². The molecular weight excluding hydrogens is 556 g/mol. The number of aliphatic hydroxyl groups excluding tert-OH is 2. The highest BCUT2D eigenvalue weighted by Gasteiger charge is 2.23. The zero-order valence-electron chi connectivity index (χ0n) is 24.1. The van der Waals surface area contributed by atoms with Gasteiger partial charge in [0.25, 0.3) is 11.9 Å². The Morgan fingerprint density at radius 1 is 1.02 bits per heavy atom. The van der Waals surface area contributed by atoms with Crippen LogP contribution in [0.3, 0.4) is 0 Å². The number of rotatable bonds is 11. The van der Waals surface area contributed by atoms with Crippen LogP contribution in [0.4, 0.5) is 8.78 Å². The number of hydrogen-bond donors (Lipinski definition) is 4. The van der Waals surface area contributed by atoms with Crippen LogP contribution in [0.2, 0.25) is 0 Å². The van der Waals surface area contributed by atoms with Crippen LogP contribution in [-0.2, 0) is 0 Å². The van der Waals surface area contributed by atoms with E-state index in [9.17, 15) is 20.1 Å². The number of aliphatic hydroxyl groups is 3. The van der Waals surface area contributed by atoms with E-state index < -0.39 is 17.9 Å². The number of hydrogen-bond acceptors (Lipinski definition) is 6. The molecule has 0 radical (unpaired) electrons. The van der Waals surface area contributed by atoms with Crippen LogP contribution in [0.5, 0.6) is 6.01 Å². The van der Waals surface area contributed by atoms with Gasteiger partial charge in [-0.1, -0.05) is 49.7 Å². The van der Waals surface area contributed by atoms with E-state index in [1.54, 1.807) is 41.3 Å². The summed E-state index contributed by atoms with van der Waals surface area (Å²) in [6.07, 6.45) is 2.07. The smallest absolute Gasteiger partial charge is 0.294 e. The van der Waals surface area contributed by atoms with Crippen LogP contribution in [0.25, 0.3) is 33.3 Å². The first kappa shape index (κ1) is 30.6. The van der Waals surface area contributed by atoms with Gasteiger partial charge in [-0.25, -0.2) is 8.78 Å². The first-order valence-electron chi connectivity index (χ1n) is 14.8. The number of piperidine rings is 1. The monoisotopic (exact) mass is 593 g/mol. The second kappa shape index (κ2) is 13.6. The predicted octanol–water partition coefficient (Wildman–Crippen LogP) is 5.66. The minimum atomic E-state index is -1.38. The average molecular weight is 594 g/mol. The minimum absolute atomic E-state index is 0.0337.